The van der Waals surface area contributed by atoms with Crippen molar-refractivity contribution in [2.75, 3.05) is 0 Å². The Hall–Kier alpha value is -3.49. The van der Waals surface area contributed by atoms with E-state index < -0.39 is 17.4 Å². The van der Waals surface area contributed by atoms with Gasteiger partial charge in [-0.2, -0.15) is 4.52 Å². The molecule has 0 aliphatic heterocycles. The molecule has 0 aliphatic rings. The summed E-state index contributed by atoms with van der Waals surface area (Å²) in [4.78, 5) is 43.4. The Labute approximate surface area is 123 Å². The van der Waals surface area contributed by atoms with Crippen molar-refractivity contribution in [2.45, 2.75) is 0 Å². The Kier molecular flexibility index (Phi) is 3.36. The molecule has 0 fully saturated rings. The highest BCUT2D eigenvalue weighted by Crippen LogP contribution is 1.97. The molecule has 3 rings (SSSR count). The molecular weight excluding hydrogens is 288 g/mol. The Morgan fingerprint density at radius 3 is 2.55 bits per heavy atom. The third-order valence-corrected chi connectivity index (χ3v) is 2.88. The summed E-state index contributed by atoms with van der Waals surface area (Å²) >= 11 is 0. The van der Waals surface area contributed by atoms with E-state index >= 15 is 0 Å². The molecule has 3 N–H and O–H groups in total. The highest BCUT2D eigenvalue weighted by Gasteiger charge is 2.15. The van der Waals surface area contributed by atoms with Gasteiger partial charge < -0.3 is 0 Å². The van der Waals surface area contributed by atoms with Crippen molar-refractivity contribution in [1.82, 2.24) is 30.4 Å². The lowest BCUT2D eigenvalue weighted by atomic mass is 10.2. The van der Waals surface area contributed by atoms with Gasteiger partial charge in [-0.3, -0.25) is 30.3 Å². The van der Waals surface area contributed by atoms with Crippen molar-refractivity contribution < 1.29 is 9.59 Å². The average molecular weight is 298 g/mol. The van der Waals surface area contributed by atoms with Gasteiger partial charge in [-0.25, -0.2) is 9.97 Å². The minimum Gasteiger partial charge on any atom is -0.278 e. The summed E-state index contributed by atoms with van der Waals surface area (Å²) in [6.07, 6.45) is 2.38. The van der Waals surface area contributed by atoms with Gasteiger partial charge >= 0.3 is 0 Å². The van der Waals surface area contributed by atoms with Crippen LogP contribution in [-0.2, 0) is 0 Å². The van der Waals surface area contributed by atoms with Crippen LogP contribution in [0.25, 0.3) is 5.78 Å². The third kappa shape index (κ3) is 2.42. The summed E-state index contributed by atoms with van der Waals surface area (Å²) in [5.74, 6) is -1.12. The van der Waals surface area contributed by atoms with E-state index in [1.807, 2.05) is 0 Å². The minimum absolute atomic E-state index is 0.148. The molecular formula is C13H10N6O3. The molecule has 110 valence electrons. The van der Waals surface area contributed by atoms with Gasteiger partial charge in [0.15, 0.2) is 0 Å². The Morgan fingerprint density at radius 1 is 1.05 bits per heavy atom. The number of carbonyl (C=O) groups is 2. The first-order valence-corrected chi connectivity index (χ1v) is 6.23. The summed E-state index contributed by atoms with van der Waals surface area (Å²) in [5, 5.41) is 2.54. The lowest BCUT2D eigenvalue weighted by molar-refractivity contribution is 0.0845. The molecule has 9 heteroatoms. The van der Waals surface area contributed by atoms with Gasteiger partial charge in [-0.05, 0) is 12.1 Å². The summed E-state index contributed by atoms with van der Waals surface area (Å²) in [6.45, 7) is 0. The van der Waals surface area contributed by atoms with Crippen molar-refractivity contribution in [3.8, 4) is 0 Å². The summed E-state index contributed by atoms with van der Waals surface area (Å²) < 4.78 is 1.02. The van der Waals surface area contributed by atoms with Gasteiger partial charge in [0, 0.05) is 11.8 Å². The molecule has 0 spiro atoms. The van der Waals surface area contributed by atoms with Crippen molar-refractivity contribution in [2.24, 2.45) is 0 Å². The molecule has 22 heavy (non-hydrogen) atoms. The highest BCUT2D eigenvalue weighted by atomic mass is 16.2. The van der Waals surface area contributed by atoms with Gasteiger partial charge in [0.1, 0.15) is 11.9 Å². The van der Waals surface area contributed by atoms with Gasteiger partial charge in [0.05, 0.1) is 0 Å². The largest absolute Gasteiger partial charge is 0.286 e. The van der Waals surface area contributed by atoms with Crippen molar-refractivity contribution >= 4 is 17.6 Å². The smallest absolute Gasteiger partial charge is 0.278 e. The van der Waals surface area contributed by atoms with Crippen LogP contribution in [-0.4, -0.2) is 31.4 Å². The number of nitrogens with one attached hydrogen (secondary N) is 3. The molecule has 2 heterocycles. The first-order valence-electron chi connectivity index (χ1n) is 6.23. The first-order chi connectivity index (χ1) is 10.7. The number of amides is 2. The van der Waals surface area contributed by atoms with Gasteiger partial charge in [0.2, 0.25) is 0 Å². The number of hydrogen-bond acceptors (Lipinski definition) is 5. The number of fused-ring (bicyclic) bond motifs is 1. The number of aromatic amines is 1. The summed E-state index contributed by atoms with van der Waals surface area (Å²) in [7, 11) is 0. The highest BCUT2D eigenvalue weighted by molar-refractivity contribution is 5.98. The topological polar surface area (TPSA) is 121 Å². The second-order valence-electron chi connectivity index (χ2n) is 4.27. The molecule has 3 aromatic rings. The molecule has 1 aromatic carbocycles. The number of rotatable bonds is 2. The predicted molar refractivity (Wildman–Crippen MR) is 75.0 cm³/mol. The van der Waals surface area contributed by atoms with Crippen LogP contribution < -0.4 is 16.4 Å². The Morgan fingerprint density at radius 2 is 1.77 bits per heavy atom. The zero-order valence-electron chi connectivity index (χ0n) is 11.1. The fourth-order valence-corrected chi connectivity index (χ4v) is 1.80. The van der Waals surface area contributed by atoms with E-state index in [2.05, 4.69) is 25.9 Å². The molecule has 0 atom stereocenters. The number of aromatic nitrogens is 4. The van der Waals surface area contributed by atoms with Crippen LogP contribution in [0, 0.1) is 0 Å². The van der Waals surface area contributed by atoms with Crippen LogP contribution in [0.4, 0.5) is 0 Å². The fourth-order valence-electron chi connectivity index (χ4n) is 1.80. The van der Waals surface area contributed by atoms with Crippen LogP contribution in [0.15, 0.2) is 47.7 Å². The van der Waals surface area contributed by atoms with Crippen LogP contribution in [0.1, 0.15) is 20.7 Å². The maximum absolute atomic E-state index is 12.0. The van der Waals surface area contributed by atoms with Crippen LogP contribution >= 0.6 is 0 Å². The van der Waals surface area contributed by atoms with E-state index in [1.54, 1.807) is 30.3 Å². The van der Waals surface area contributed by atoms with E-state index in [0.29, 0.717) is 5.56 Å². The Bertz CT molecular complexity index is 899. The van der Waals surface area contributed by atoms with Gasteiger partial charge in [-0.1, -0.05) is 18.2 Å². The normalized spacial score (nSPS) is 10.4. The lowest BCUT2D eigenvalue weighted by Gasteiger charge is -2.06. The molecule has 2 amide bonds. The number of hydrazine groups is 1. The molecule has 0 radical (unpaired) electrons. The molecule has 0 unspecified atom stereocenters. The monoisotopic (exact) mass is 298 g/mol. The second kappa shape index (κ2) is 5.48. The molecule has 0 aliphatic carbocycles. The van der Waals surface area contributed by atoms with Crippen LogP contribution in [0.5, 0.6) is 0 Å². The fraction of sp³-hybridized carbons (Fsp3) is 0. The molecule has 9 nitrogen and oxygen atoms in total. The first kappa shape index (κ1) is 13.5. The quantitative estimate of drug-likeness (QED) is 0.550. The van der Waals surface area contributed by atoms with Crippen LogP contribution in [0.2, 0.25) is 0 Å². The van der Waals surface area contributed by atoms with Crippen molar-refractivity contribution in [3.05, 3.63) is 64.3 Å². The van der Waals surface area contributed by atoms with E-state index in [9.17, 15) is 14.4 Å². The number of H-pyrrole nitrogens is 1. The van der Waals surface area contributed by atoms with Crippen molar-refractivity contribution in [3.63, 3.8) is 0 Å². The average Bonchev–Trinajstić information content (AvgIpc) is 3.03. The minimum atomic E-state index is -0.772. The predicted octanol–water partition coefficient (Wildman–Crippen LogP) is -0.508. The zero-order valence-corrected chi connectivity index (χ0v) is 11.1. The number of hydrogen-bond donors (Lipinski definition) is 3. The molecule has 2 aromatic heterocycles. The van der Waals surface area contributed by atoms with E-state index in [0.717, 1.165) is 10.7 Å². The molecule has 0 saturated carbocycles. The lowest BCUT2D eigenvalue weighted by Crippen LogP contribution is -2.43. The van der Waals surface area contributed by atoms with Crippen LogP contribution in [0.3, 0.4) is 0 Å². The maximum Gasteiger partial charge on any atom is 0.286 e. The van der Waals surface area contributed by atoms with E-state index in [4.69, 9.17) is 0 Å². The van der Waals surface area contributed by atoms with E-state index in [-0.39, 0.29) is 11.3 Å². The summed E-state index contributed by atoms with van der Waals surface area (Å²) in [5.41, 5.74) is 3.93. The van der Waals surface area contributed by atoms with Gasteiger partial charge in [-0.15, -0.1) is 0 Å². The molecule has 0 bridgehead atoms. The SMILES string of the molecule is O=C(NNC(=O)c1cnc2nc[nH]n2c1=O)c1ccccc1. The zero-order chi connectivity index (χ0) is 15.5. The van der Waals surface area contributed by atoms with Crippen molar-refractivity contribution in [1.29, 1.82) is 0 Å². The Balaban J connectivity index is 1.75. The number of carbonyl (C=O) groups excluding carboxylic acids is 2. The number of benzene rings is 1. The standard InChI is InChI=1S/C13H10N6O3/c20-10(8-4-2-1-3-5-8)17-18-11(21)9-6-14-13-15-7-16-19(13)12(9)22/h1-7H,(H,17,20)(H,18,21)(H,14,15,16). The molecule has 0 saturated heterocycles. The summed E-state index contributed by atoms with van der Waals surface area (Å²) in [6, 6.07) is 8.34. The van der Waals surface area contributed by atoms with Gasteiger partial charge in [0.25, 0.3) is 23.2 Å². The second-order valence-corrected chi connectivity index (χ2v) is 4.27. The number of nitrogens with zero attached hydrogens (tertiary/aromatic N) is 3. The maximum atomic E-state index is 12.0. The van der Waals surface area contributed by atoms with E-state index in [1.165, 1.54) is 6.33 Å². The third-order valence-electron chi connectivity index (χ3n) is 2.88.